The van der Waals surface area contributed by atoms with E-state index in [1.807, 2.05) is 6.07 Å². The van der Waals surface area contributed by atoms with Gasteiger partial charge in [0, 0.05) is 19.1 Å². The van der Waals surface area contributed by atoms with Crippen LogP contribution < -0.4 is 16.4 Å². The topological polar surface area (TPSA) is 75.6 Å². The summed E-state index contributed by atoms with van der Waals surface area (Å²) in [6, 6.07) is 5.73. The molecule has 1 aromatic carbocycles. The maximum Gasteiger partial charge on any atom is 0.250 e. The second kappa shape index (κ2) is 6.13. The summed E-state index contributed by atoms with van der Waals surface area (Å²) in [6.45, 7) is 5.10. The lowest BCUT2D eigenvalue weighted by Crippen LogP contribution is -2.41. The van der Waals surface area contributed by atoms with Crippen molar-refractivity contribution in [3.05, 3.63) is 23.8 Å². The minimum Gasteiger partial charge on any atom is -0.397 e. The zero-order valence-corrected chi connectivity index (χ0v) is 12.3. The quantitative estimate of drug-likeness (QED) is 0.816. The number of para-hydroxylation sites is 1. The van der Waals surface area contributed by atoms with E-state index in [9.17, 15) is 4.79 Å². The Kier molecular flexibility index (Phi) is 4.49. The highest BCUT2D eigenvalue weighted by molar-refractivity contribution is 6.01. The molecule has 1 aliphatic rings. The number of hydrogen-bond donors (Lipinski definition) is 2. The molecule has 4 N–H and O–H groups in total. The first-order valence-corrected chi connectivity index (χ1v) is 7.18. The van der Waals surface area contributed by atoms with Crippen LogP contribution in [0.2, 0.25) is 0 Å². The van der Waals surface area contributed by atoms with Crippen LogP contribution >= 0.6 is 0 Å². The summed E-state index contributed by atoms with van der Waals surface area (Å²) in [7, 11) is 2.13. The molecular formula is C15H24N4O. The van der Waals surface area contributed by atoms with Gasteiger partial charge in [-0.3, -0.25) is 4.79 Å². The molecule has 0 spiro atoms. The fourth-order valence-electron chi connectivity index (χ4n) is 2.97. The third-order valence-corrected chi connectivity index (χ3v) is 3.99. The molecule has 0 aliphatic carbocycles. The van der Waals surface area contributed by atoms with Gasteiger partial charge in [0.1, 0.15) is 0 Å². The number of hydrogen-bond acceptors (Lipinski definition) is 4. The first-order chi connectivity index (χ1) is 9.54. The van der Waals surface area contributed by atoms with Crippen molar-refractivity contribution in [1.29, 1.82) is 0 Å². The maximum atomic E-state index is 11.7. The van der Waals surface area contributed by atoms with Crippen molar-refractivity contribution >= 4 is 17.3 Å². The summed E-state index contributed by atoms with van der Waals surface area (Å²) >= 11 is 0. The lowest BCUT2D eigenvalue weighted by atomic mass is 10.1. The van der Waals surface area contributed by atoms with Crippen molar-refractivity contribution in [1.82, 2.24) is 4.90 Å². The molecule has 1 saturated heterocycles. The predicted octanol–water partition coefficient (Wildman–Crippen LogP) is 1.29. The zero-order valence-electron chi connectivity index (χ0n) is 12.3. The van der Waals surface area contributed by atoms with E-state index < -0.39 is 5.91 Å². The lowest BCUT2D eigenvalue weighted by Gasteiger charge is -2.34. The molecule has 1 heterocycles. The van der Waals surface area contributed by atoms with Crippen LogP contribution in [-0.2, 0) is 0 Å². The second-order valence-electron chi connectivity index (χ2n) is 5.48. The van der Waals surface area contributed by atoms with Crippen LogP contribution in [0.5, 0.6) is 0 Å². The van der Waals surface area contributed by atoms with Gasteiger partial charge in [-0.25, -0.2) is 0 Å². The van der Waals surface area contributed by atoms with Crippen LogP contribution in [0.25, 0.3) is 0 Å². The smallest absolute Gasteiger partial charge is 0.250 e. The van der Waals surface area contributed by atoms with Gasteiger partial charge in [-0.05, 0) is 38.6 Å². The monoisotopic (exact) mass is 276 g/mol. The van der Waals surface area contributed by atoms with E-state index in [2.05, 4.69) is 23.8 Å². The second-order valence-corrected chi connectivity index (χ2v) is 5.48. The number of nitrogen functional groups attached to an aromatic ring is 1. The van der Waals surface area contributed by atoms with Crippen molar-refractivity contribution in [2.24, 2.45) is 5.73 Å². The fourth-order valence-corrected chi connectivity index (χ4v) is 2.97. The van der Waals surface area contributed by atoms with Crippen molar-refractivity contribution in [2.45, 2.75) is 25.8 Å². The summed E-state index contributed by atoms with van der Waals surface area (Å²) in [5, 5.41) is 0. The molecule has 5 heteroatoms. The minimum atomic E-state index is -0.417. The van der Waals surface area contributed by atoms with E-state index >= 15 is 0 Å². The van der Waals surface area contributed by atoms with E-state index in [-0.39, 0.29) is 0 Å². The summed E-state index contributed by atoms with van der Waals surface area (Å²) in [5.41, 5.74) is 13.6. The molecule has 20 heavy (non-hydrogen) atoms. The summed E-state index contributed by atoms with van der Waals surface area (Å²) in [5.74, 6) is -0.417. The Morgan fingerprint density at radius 1 is 1.40 bits per heavy atom. The molecule has 1 unspecified atom stereocenters. The van der Waals surface area contributed by atoms with Gasteiger partial charge in [0.15, 0.2) is 0 Å². The molecule has 1 atom stereocenters. The van der Waals surface area contributed by atoms with Gasteiger partial charge in [0.25, 0.3) is 5.91 Å². The van der Waals surface area contributed by atoms with Gasteiger partial charge in [-0.15, -0.1) is 0 Å². The number of primary amides is 1. The minimum absolute atomic E-state index is 0.352. The number of nitrogens with zero attached hydrogens (tertiary/aromatic N) is 2. The third-order valence-electron chi connectivity index (χ3n) is 3.99. The molecule has 0 radical (unpaired) electrons. The molecule has 0 aromatic heterocycles. The Bertz CT molecular complexity index is 489. The van der Waals surface area contributed by atoms with E-state index in [0.717, 1.165) is 38.2 Å². The average Bonchev–Trinajstić information content (AvgIpc) is 2.59. The molecule has 0 bridgehead atoms. The standard InChI is InChI=1S/C15H24N4O/c1-3-11-10-18(2)8-5-9-19(11)14-12(15(17)20)6-4-7-13(14)16/h4,6-7,11H,3,5,8-10,16H2,1-2H3,(H2,17,20). The predicted molar refractivity (Wildman–Crippen MR) is 82.9 cm³/mol. The zero-order chi connectivity index (χ0) is 14.7. The Balaban J connectivity index is 2.45. The van der Waals surface area contributed by atoms with E-state index in [4.69, 9.17) is 11.5 Å². The van der Waals surface area contributed by atoms with Crippen LogP contribution in [0.15, 0.2) is 18.2 Å². The van der Waals surface area contributed by atoms with Gasteiger partial charge in [-0.1, -0.05) is 13.0 Å². The molecule has 1 fully saturated rings. The Hall–Kier alpha value is -1.75. The molecule has 1 amide bonds. The SMILES string of the molecule is CCC1CN(C)CCCN1c1c(N)cccc1C(N)=O. The van der Waals surface area contributed by atoms with Crippen molar-refractivity contribution < 1.29 is 4.79 Å². The number of likely N-dealkylation sites (N-methyl/N-ethyl adjacent to an activating group) is 1. The molecule has 1 aromatic rings. The summed E-state index contributed by atoms with van der Waals surface area (Å²) in [4.78, 5) is 16.3. The Morgan fingerprint density at radius 3 is 2.80 bits per heavy atom. The van der Waals surface area contributed by atoms with Crippen LogP contribution in [0.4, 0.5) is 11.4 Å². The number of benzene rings is 1. The van der Waals surface area contributed by atoms with Crippen LogP contribution in [0.1, 0.15) is 30.1 Å². The van der Waals surface area contributed by atoms with E-state index in [1.165, 1.54) is 0 Å². The fraction of sp³-hybridized carbons (Fsp3) is 0.533. The first-order valence-electron chi connectivity index (χ1n) is 7.18. The highest BCUT2D eigenvalue weighted by Gasteiger charge is 2.26. The normalized spacial score (nSPS) is 20.7. The maximum absolute atomic E-state index is 11.7. The van der Waals surface area contributed by atoms with Gasteiger partial charge in [-0.2, -0.15) is 0 Å². The summed E-state index contributed by atoms with van der Waals surface area (Å²) in [6.07, 6.45) is 2.07. The summed E-state index contributed by atoms with van der Waals surface area (Å²) < 4.78 is 0. The number of nitrogens with two attached hydrogens (primary N) is 2. The molecule has 110 valence electrons. The Labute approximate surface area is 120 Å². The van der Waals surface area contributed by atoms with Crippen LogP contribution in [-0.4, -0.2) is 43.5 Å². The largest absolute Gasteiger partial charge is 0.397 e. The molecular weight excluding hydrogens is 252 g/mol. The number of carbonyl (C=O) groups excluding carboxylic acids is 1. The lowest BCUT2D eigenvalue weighted by molar-refractivity contribution is 0.100. The number of anilines is 2. The first kappa shape index (κ1) is 14.7. The van der Waals surface area contributed by atoms with Gasteiger partial charge in [0.05, 0.1) is 16.9 Å². The average molecular weight is 276 g/mol. The highest BCUT2D eigenvalue weighted by atomic mass is 16.1. The number of carbonyl (C=O) groups is 1. The van der Waals surface area contributed by atoms with Gasteiger partial charge >= 0.3 is 0 Å². The van der Waals surface area contributed by atoms with Gasteiger partial charge in [0.2, 0.25) is 0 Å². The Morgan fingerprint density at radius 2 is 2.15 bits per heavy atom. The molecule has 1 aliphatic heterocycles. The molecule has 2 rings (SSSR count). The number of amides is 1. The van der Waals surface area contributed by atoms with Gasteiger partial charge < -0.3 is 21.3 Å². The molecule has 5 nitrogen and oxygen atoms in total. The van der Waals surface area contributed by atoms with Crippen molar-refractivity contribution in [2.75, 3.05) is 37.3 Å². The molecule has 0 saturated carbocycles. The van der Waals surface area contributed by atoms with E-state index in [0.29, 0.717) is 17.3 Å². The number of rotatable bonds is 3. The van der Waals surface area contributed by atoms with Crippen molar-refractivity contribution in [3.63, 3.8) is 0 Å². The van der Waals surface area contributed by atoms with Crippen LogP contribution in [0, 0.1) is 0 Å². The van der Waals surface area contributed by atoms with Crippen LogP contribution in [0.3, 0.4) is 0 Å². The third kappa shape index (κ3) is 2.88. The highest BCUT2D eigenvalue weighted by Crippen LogP contribution is 2.31. The van der Waals surface area contributed by atoms with E-state index in [1.54, 1.807) is 12.1 Å². The van der Waals surface area contributed by atoms with Crippen molar-refractivity contribution in [3.8, 4) is 0 Å².